The van der Waals surface area contributed by atoms with Crippen molar-refractivity contribution in [3.63, 3.8) is 0 Å². The van der Waals surface area contributed by atoms with Crippen molar-refractivity contribution in [3.05, 3.63) is 24.3 Å². The molecule has 0 aliphatic carbocycles. The summed E-state index contributed by atoms with van der Waals surface area (Å²) in [5.41, 5.74) is 1.03. The number of hydrogen-bond acceptors (Lipinski definition) is 2. The fraction of sp³-hybridized carbons (Fsp3) is 0.308. The van der Waals surface area contributed by atoms with Crippen LogP contribution in [0.5, 0.6) is 0 Å². The van der Waals surface area contributed by atoms with Crippen LogP contribution in [-0.4, -0.2) is 16.2 Å². The molecule has 0 bridgehead atoms. The molecule has 3 heteroatoms. The van der Waals surface area contributed by atoms with Crippen molar-refractivity contribution in [2.45, 2.75) is 31.6 Å². The SMILES string of the molecule is CCC(=O)/C=S1/C(CC)=Nc2ccccc21. The van der Waals surface area contributed by atoms with E-state index in [9.17, 15) is 4.79 Å². The number of rotatable bonds is 3. The molecule has 0 saturated heterocycles. The second kappa shape index (κ2) is 4.74. The van der Waals surface area contributed by atoms with Crippen LogP contribution in [0.1, 0.15) is 26.7 Å². The van der Waals surface area contributed by atoms with Gasteiger partial charge in [0.05, 0.1) is 10.7 Å². The average Bonchev–Trinajstić information content (AvgIpc) is 2.67. The average molecular weight is 233 g/mol. The molecule has 1 aromatic rings. The molecule has 1 aromatic carbocycles. The highest BCUT2D eigenvalue weighted by Gasteiger charge is 2.18. The van der Waals surface area contributed by atoms with Crippen LogP contribution in [0.15, 0.2) is 34.2 Å². The first-order valence-corrected chi connectivity index (χ1v) is 6.82. The molecule has 2 rings (SSSR count). The van der Waals surface area contributed by atoms with E-state index in [1.807, 2.05) is 30.5 Å². The molecule has 0 aromatic heterocycles. The fourth-order valence-electron chi connectivity index (χ4n) is 1.63. The van der Waals surface area contributed by atoms with Gasteiger partial charge in [0.25, 0.3) is 0 Å². The van der Waals surface area contributed by atoms with Crippen molar-refractivity contribution < 1.29 is 4.79 Å². The largest absolute Gasteiger partial charge is 0.294 e. The Hall–Kier alpha value is -1.22. The first-order valence-electron chi connectivity index (χ1n) is 5.53. The lowest BCUT2D eigenvalue weighted by molar-refractivity contribution is -0.112. The number of carbonyl (C=O) groups is 1. The van der Waals surface area contributed by atoms with Crippen LogP contribution in [0.25, 0.3) is 0 Å². The molecule has 84 valence electrons. The molecule has 0 fully saturated rings. The molecule has 0 radical (unpaired) electrons. The molecule has 1 aliphatic rings. The zero-order valence-electron chi connectivity index (χ0n) is 9.56. The Kier molecular flexibility index (Phi) is 3.34. The monoisotopic (exact) mass is 233 g/mol. The number of benzene rings is 1. The third-order valence-corrected chi connectivity index (χ3v) is 4.71. The van der Waals surface area contributed by atoms with Gasteiger partial charge in [0.15, 0.2) is 5.78 Å². The lowest BCUT2D eigenvalue weighted by Crippen LogP contribution is -1.99. The predicted molar refractivity (Wildman–Crippen MR) is 71.0 cm³/mol. The summed E-state index contributed by atoms with van der Waals surface area (Å²) in [7, 11) is -0.195. The van der Waals surface area contributed by atoms with E-state index in [4.69, 9.17) is 0 Å². The van der Waals surface area contributed by atoms with Gasteiger partial charge in [0.2, 0.25) is 0 Å². The van der Waals surface area contributed by atoms with Crippen molar-refractivity contribution in [1.29, 1.82) is 0 Å². The quantitative estimate of drug-likeness (QED) is 0.734. The summed E-state index contributed by atoms with van der Waals surface area (Å²) in [5.74, 6) is 0.209. The fourth-order valence-corrected chi connectivity index (χ4v) is 3.65. The second-order valence-electron chi connectivity index (χ2n) is 3.60. The Morgan fingerprint density at radius 2 is 2.12 bits per heavy atom. The molecule has 0 saturated carbocycles. The van der Waals surface area contributed by atoms with Gasteiger partial charge < -0.3 is 0 Å². The number of nitrogens with zero attached hydrogens (tertiary/aromatic N) is 1. The molecule has 0 amide bonds. The van der Waals surface area contributed by atoms with Crippen LogP contribution in [-0.2, 0) is 4.79 Å². The lowest BCUT2D eigenvalue weighted by atomic mass is 10.3. The Morgan fingerprint density at radius 1 is 1.38 bits per heavy atom. The maximum absolute atomic E-state index is 11.5. The van der Waals surface area contributed by atoms with Gasteiger partial charge in [-0.1, -0.05) is 26.0 Å². The van der Waals surface area contributed by atoms with Gasteiger partial charge in [0, 0.05) is 16.7 Å². The van der Waals surface area contributed by atoms with E-state index in [-0.39, 0.29) is 16.3 Å². The zero-order chi connectivity index (χ0) is 11.5. The van der Waals surface area contributed by atoms with Crippen molar-refractivity contribution in [2.24, 2.45) is 4.99 Å². The molecule has 1 unspecified atom stereocenters. The third kappa shape index (κ3) is 2.00. The highest BCUT2D eigenvalue weighted by molar-refractivity contribution is 8.29. The van der Waals surface area contributed by atoms with E-state index >= 15 is 0 Å². The predicted octanol–water partition coefficient (Wildman–Crippen LogP) is 3.55. The maximum atomic E-state index is 11.5. The van der Waals surface area contributed by atoms with Crippen LogP contribution in [0, 0.1) is 0 Å². The van der Waals surface area contributed by atoms with Gasteiger partial charge in [-0.2, -0.15) is 0 Å². The molecule has 1 aliphatic heterocycles. The number of hydrogen-bond donors (Lipinski definition) is 0. The topological polar surface area (TPSA) is 29.4 Å². The van der Waals surface area contributed by atoms with Crippen molar-refractivity contribution in [3.8, 4) is 0 Å². The van der Waals surface area contributed by atoms with Crippen molar-refractivity contribution >= 4 is 32.4 Å². The summed E-state index contributed by atoms with van der Waals surface area (Å²) in [6.07, 6.45) is 1.48. The number of fused-ring (bicyclic) bond motifs is 1. The van der Waals surface area contributed by atoms with Gasteiger partial charge in [-0.05, 0) is 18.6 Å². The second-order valence-corrected chi connectivity index (χ2v) is 5.42. The van der Waals surface area contributed by atoms with Gasteiger partial charge in [-0.3, -0.25) is 4.79 Å². The van der Waals surface area contributed by atoms with E-state index in [0.29, 0.717) is 6.42 Å². The molecule has 0 spiro atoms. The maximum Gasteiger partial charge on any atom is 0.161 e. The Labute approximate surface area is 98.3 Å². The highest BCUT2D eigenvalue weighted by Crippen LogP contribution is 2.43. The Morgan fingerprint density at radius 3 is 2.81 bits per heavy atom. The Balaban J connectivity index is 2.48. The minimum atomic E-state index is -0.195. The first kappa shape index (κ1) is 11.3. The lowest BCUT2D eigenvalue weighted by Gasteiger charge is -2.03. The van der Waals surface area contributed by atoms with Crippen LogP contribution < -0.4 is 0 Å². The van der Waals surface area contributed by atoms with Gasteiger partial charge >= 0.3 is 0 Å². The summed E-state index contributed by atoms with van der Waals surface area (Å²) >= 11 is 0. The number of carbonyl (C=O) groups excluding carboxylic acids is 1. The van der Waals surface area contributed by atoms with Crippen molar-refractivity contribution in [2.75, 3.05) is 0 Å². The number of para-hydroxylation sites is 1. The Bertz CT molecular complexity index is 488. The molecule has 1 heterocycles. The van der Waals surface area contributed by atoms with E-state index in [1.165, 1.54) is 4.90 Å². The summed E-state index contributed by atoms with van der Waals surface area (Å²) in [5, 5.41) is 2.97. The van der Waals surface area contributed by atoms with E-state index in [2.05, 4.69) is 18.0 Å². The van der Waals surface area contributed by atoms with Crippen LogP contribution in [0.2, 0.25) is 0 Å². The summed E-state index contributed by atoms with van der Waals surface area (Å²) in [4.78, 5) is 17.3. The minimum absolute atomic E-state index is 0.195. The van der Waals surface area contributed by atoms with Gasteiger partial charge in [0.1, 0.15) is 0 Å². The van der Waals surface area contributed by atoms with E-state index in [0.717, 1.165) is 17.2 Å². The molecular formula is C13H15NOS. The number of ketones is 1. The molecule has 1 atom stereocenters. The summed E-state index contributed by atoms with van der Waals surface area (Å²) < 4.78 is 0. The summed E-state index contributed by atoms with van der Waals surface area (Å²) in [6, 6.07) is 8.09. The third-order valence-electron chi connectivity index (χ3n) is 2.50. The zero-order valence-corrected chi connectivity index (χ0v) is 10.4. The number of Topliss-reactive ketones (excluding diaryl/α,β-unsaturated/α-hetero) is 1. The standard InChI is InChI=1S/C13H15NOS/c1-3-10(15)9-16-12-8-6-5-7-11(12)14-13(16)4-2/h5-9H,3-4H2,1-2H3. The van der Waals surface area contributed by atoms with Gasteiger partial charge in [-0.15, -0.1) is 10.5 Å². The normalized spacial score (nSPS) is 18.4. The van der Waals surface area contributed by atoms with Crippen molar-refractivity contribution in [1.82, 2.24) is 0 Å². The first-order chi connectivity index (χ1) is 7.76. The highest BCUT2D eigenvalue weighted by atomic mass is 32.2. The van der Waals surface area contributed by atoms with Crippen LogP contribution >= 0.6 is 10.5 Å². The van der Waals surface area contributed by atoms with Crippen LogP contribution in [0.3, 0.4) is 0 Å². The smallest absolute Gasteiger partial charge is 0.161 e. The van der Waals surface area contributed by atoms with E-state index < -0.39 is 0 Å². The van der Waals surface area contributed by atoms with Crippen LogP contribution in [0.4, 0.5) is 5.69 Å². The summed E-state index contributed by atoms with van der Waals surface area (Å²) in [6.45, 7) is 3.99. The minimum Gasteiger partial charge on any atom is -0.294 e. The molecule has 2 nitrogen and oxygen atoms in total. The molecule has 16 heavy (non-hydrogen) atoms. The van der Waals surface area contributed by atoms with Gasteiger partial charge in [-0.25, -0.2) is 4.99 Å². The van der Waals surface area contributed by atoms with E-state index in [1.54, 1.807) is 0 Å². The number of aliphatic imine (C=N–C) groups is 1. The molecular weight excluding hydrogens is 218 g/mol. The molecule has 0 N–H and O–H groups in total.